The Balaban J connectivity index is 2.18. The van der Waals surface area contributed by atoms with Crippen molar-refractivity contribution in [1.82, 2.24) is 0 Å². The first kappa shape index (κ1) is 20.4. The average Bonchev–Trinajstić information content (AvgIpc) is 2.98. The zero-order chi connectivity index (χ0) is 19.5. The van der Waals surface area contributed by atoms with Gasteiger partial charge in [-0.25, -0.2) is 0 Å². The van der Waals surface area contributed by atoms with Gasteiger partial charge in [-0.15, -0.1) is 0 Å². The highest BCUT2D eigenvalue weighted by Crippen LogP contribution is 2.38. The van der Waals surface area contributed by atoms with Crippen molar-refractivity contribution >= 4 is 11.9 Å². The Hall–Kier alpha value is -1.92. The molecule has 144 valence electrons. The molecule has 0 saturated carbocycles. The molecule has 0 bridgehead atoms. The third kappa shape index (κ3) is 5.05. The van der Waals surface area contributed by atoms with E-state index < -0.39 is 29.7 Å². The molecule has 0 radical (unpaired) electrons. The first-order valence-electron chi connectivity index (χ1n) is 8.89. The van der Waals surface area contributed by atoms with Gasteiger partial charge in [0, 0.05) is 24.5 Å². The van der Waals surface area contributed by atoms with Crippen molar-refractivity contribution in [2.45, 2.75) is 71.7 Å². The Labute approximate surface area is 154 Å². The van der Waals surface area contributed by atoms with Crippen LogP contribution in [0.25, 0.3) is 0 Å². The molecule has 26 heavy (non-hydrogen) atoms. The van der Waals surface area contributed by atoms with Gasteiger partial charge in [0.2, 0.25) is 6.29 Å². The molecule has 1 saturated heterocycles. The maximum atomic E-state index is 12.4. The molecule has 0 spiro atoms. The van der Waals surface area contributed by atoms with Crippen LogP contribution in [-0.4, -0.2) is 36.0 Å². The molecule has 0 aliphatic carbocycles. The Morgan fingerprint density at radius 1 is 1.35 bits per heavy atom. The molecule has 1 aliphatic heterocycles. The predicted molar refractivity (Wildman–Crippen MR) is 95.9 cm³/mol. The molecule has 1 fully saturated rings. The lowest BCUT2D eigenvalue weighted by Gasteiger charge is -2.29. The van der Waals surface area contributed by atoms with Gasteiger partial charge in [0.1, 0.15) is 11.9 Å². The number of aliphatic hydroxyl groups is 1. The number of hydrogen-bond donors (Lipinski definition) is 1. The second kappa shape index (κ2) is 8.18. The maximum Gasteiger partial charge on any atom is 0.309 e. The summed E-state index contributed by atoms with van der Waals surface area (Å²) in [5.74, 6) is -0.484. The summed E-state index contributed by atoms with van der Waals surface area (Å²) in [6, 6.07) is 3.77. The van der Waals surface area contributed by atoms with Crippen LogP contribution in [0.5, 0.6) is 5.75 Å². The first-order valence-corrected chi connectivity index (χ1v) is 8.89. The molecule has 1 aromatic carbocycles. The zero-order valence-electron chi connectivity index (χ0n) is 16.1. The van der Waals surface area contributed by atoms with E-state index in [0.717, 1.165) is 23.1 Å². The third-order valence-electron chi connectivity index (χ3n) is 4.50. The quantitative estimate of drug-likeness (QED) is 0.475. The van der Waals surface area contributed by atoms with Gasteiger partial charge < -0.3 is 19.3 Å². The number of aliphatic hydroxyl groups excluding tert-OH is 1. The number of aryl methyl sites for hydroxylation is 2. The summed E-state index contributed by atoms with van der Waals surface area (Å²) in [5, 5.41) is 10.0. The van der Waals surface area contributed by atoms with E-state index in [4.69, 9.17) is 14.2 Å². The Kier molecular flexibility index (Phi) is 6.42. The molecule has 0 aromatic heterocycles. The molecule has 0 amide bonds. The van der Waals surface area contributed by atoms with Gasteiger partial charge in [0.15, 0.2) is 0 Å². The monoisotopic (exact) mass is 364 g/mol. The fourth-order valence-electron chi connectivity index (χ4n) is 3.56. The summed E-state index contributed by atoms with van der Waals surface area (Å²) in [7, 11) is 0. The molecule has 2 rings (SSSR count). The van der Waals surface area contributed by atoms with E-state index in [1.165, 1.54) is 6.92 Å². The number of hydrogen-bond acceptors (Lipinski definition) is 6. The molecule has 2 atom stereocenters. The minimum Gasteiger partial charge on any atom is -0.433 e. The van der Waals surface area contributed by atoms with Crippen molar-refractivity contribution < 1.29 is 28.9 Å². The van der Waals surface area contributed by atoms with Crippen LogP contribution in [0.3, 0.4) is 0 Å². The molecule has 1 heterocycles. The summed E-state index contributed by atoms with van der Waals surface area (Å²) in [6.45, 7) is 9.53. The van der Waals surface area contributed by atoms with Crippen molar-refractivity contribution in [2.75, 3.05) is 6.61 Å². The minimum absolute atomic E-state index is 0.0367. The van der Waals surface area contributed by atoms with Gasteiger partial charge in [-0.1, -0.05) is 19.9 Å². The highest BCUT2D eigenvalue weighted by atomic mass is 16.7. The average molecular weight is 364 g/mol. The van der Waals surface area contributed by atoms with Crippen molar-refractivity contribution in [3.8, 4) is 5.75 Å². The number of benzene rings is 1. The van der Waals surface area contributed by atoms with Crippen LogP contribution >= 0.6 is 0 Å². The zero-order valence-corrected chi connectivity index (χ0v) is 16.1. The van der Waals surface area contributed by atoms with Crippen molar-refractivity contribution in [2.24, 2.45) is 0 Å². The molecule has 6 nitrogen and oxygen atoms in total. The number of esters is 2. The third-order valence-corrected chi connectivity index (χ3v) is 4.50. The van der Waals surface area contributed by atoms with Crippen LogP contribution < -0.4 is 4.74 Å². The second-order valence-electron chi connectivity index (χ2n) is 7.54. The van der Waals surface area contributed by atoms with Crippen molar-refractivity contribution in [1.29, 1.82) is 0 Å². The maximum absolute atomic E-state index is 12.4. The largest absolute Gasteiger partial charge is 0.433 e. The molecular weight excluding hydrogens is 336 g/mol. The number of carbonyl (C=O) groups excluding carboxylic acids is 2. The number of rotatable bonds is 6. The normalized spacial score (nSPS) is 18.5. The molecule has 1 aromatic rings. The highest BCUT2D eigenvalue weighted by Gasteiger charge is 2.33. The number of carbonyl (C=O) groups is 2. The van der Waals surface area contributed by atoms with E-state index in [-0.39, 0.29) is 6.42 Å². The summed E-state index contributed by atoms with van der Waals surface area (Å²) in [6.07, 6.45) is -0.160. The molecule has 6 heteroatoms. The van der Waals surface area contributed by atoms with E-state index in [9.17, 15) is 14.7 Å². The lowest BCUT2D eigenvalue weighted by molar-refractivity contribution is -0.188. The summed E-state index contributed by atoms with van der Waals surface area (Å²) >= 11 is 0. The van der Waals surface area contributed by atoms with Gasteiger partial charge in [-0.05, 0) is 43.9 Å². The van der Waals surface area contributed by atoms with Crippen LogP contribution in [0.15, 0.2) is 12.1 Å². The molecular formula is C20H28O6. The van der Waals surface area contributed by atoms with E-state index >= 15 is 0 Å². The van der Waals surface area contributed by atoms with Gasteiger partial charge in [-0.3, -0.25) is 9.59 Å². The van der Waals surface area contributed by atoms with Crippen LogP contribution in [0.2, 0.25) is 0 Å². The summed E-state index contributed by atoms with van der Waals surface area (Å²) < 4.78 is 15.9. The van der Waals surface area contributed by atoms with Crippen LogP contribution in [0.4, 0.5) is 0 Å². The van der Waals surface area contributed by atoms with Gasteiger partial charge >= 0.3 is 11.9 Å². The van der Waals surface area contributed by atoms with E-state index in [0.29, 0.717) is 18.8 Å². The van der Waals surface area contributed by atoms with Gasteiger partial charge in [0.25, 0.3) is 0 Å². The standard InChI is InChI=1S/C20H28O6/c1-12-9-13(2)18(16(10-12)25-14(3)21)20(4,5)11-17(22)26-19(23)15-7-6-8-24-15/h9-10,15,19,23H,6-8,11H2,1-5H3. The Morgan fingerprint density at radius 2 is 2.04 bits per heavy atom. The van der Waals surface area contributed by atoms with E-state index in [1.54, 1.807) is 6.07 Å². The molecule has 1 aliphatic rings. The van der Waals surface area contributed by atoms with Crippen LogP contribution in [0.1, 0.15) is 56.7 Å². The topological polar surface area (TPSA) is 82.1 Å². The Bertz CT molecular complexity index is 673. The Morgan fingerprint density at radius 3 is 2.62 bits per heavy atom. The van der Waals surface area contributed by atoms with Crippen molar-refractivity contribution in [3.05, 3.63) is 28.8 Å². The minimum atomic E-state index is -1.26. The predicted octanol–water partition coefficient (Wildman–Crippen LogP) is 2.94. The lowest BCUT2D eigenvalue weighted by atomic mass is 9.78. The van der Waals surface area contributed by atoms with Gasteiger partial charge in [-0.2, -0.15) is 0 Å². The SMILES string of the molecule is CC(=O)Oc1cc(C)cc(C)c1C(C)(C)CC(=O)OC(O)C1CCCO1. The van der Waals surface area contributed by atoms with Crippen LogP contribution in [0, 0.1) is 13.8 Å². The number of ether oxygens (including phenoxy) is 3. The van der Waals surface area contributed by atoms with Crippen molar-refractivity contribution in [3.63, 3.8) is 0 Å². The molecule has 1 N–H and O–H groups in total. The van der Waals surface area contributed by atoms with Gasteiger partial charge in [0.05, 0.1) is 6.42 Å². The summed E-state index contributed by atoms with van der Waals surface area (Å²) in [4.78, 5) is 23.8. The fourth-order valence-corrected chi connectivity index (χ4v) is 3.56. The first-order chi connectivity index (χ1) is 12.1. The van der Waals surface area contributed by atoms with Crippen LogP contribution in [-0.2, 0) is 24.5 Å². The summed E-state index contributed by atoms with van der Waals surface area (Å²) in [5.41, 5.74) is 2.03. The second-order valence-corrected chi connectivity index (χ2v) is 7.54. The molecule has 2 unspecified atom stereocenters. The fraction of sp³-hybridized carbons (Fsp3) is 0.600. The van der Waals surface area contributed by atoms with E-state index in [1.807, 2.05) is 33.8 Å². The van der Waals surface area contributed by atoms with E-state index in [2.05, 4.69) is 0 Å². The highest BCUT2D eigenvalue weighted by molar-refractivity contribution is 5.73. The lowest BCUT2D eigenvalue weighted by Crippen LogP contribution is -2.33. The smallest absolute Gasteiger partial charge is 0.309 e.